The van der Waals surface area contributed by atoms with Gasteiger partial charge in [0, 0.05) is 16.6 Å². The minimum Gasteiger partial charge on any atom is -0.456 e. The van der Waals surface area contributed by atoms with Crippen molar-refractivity contribution in [2.24, 2.45) is 0 Å². The number of anilines is 3. The van der Waals surface area contributed by atoms with E-state index in [0.29, 0.717) is 0 Å². The minimum atomic E-state index is -0.397. The van der Waals surface area contributed by atoms with Gasteiger partial charge in [-0.1, -0.05) is 127 Å². The monoisotopic (exact) mass is 573 g/mol. The predicted octanol–water partition coefficient (Wildman–Crippen LogP) is 11.4. The number of hydrogen-bond acceptors (Lipinski definition) is 2. The molecule has 0 radical (unpaired) electrons. The first-order chi connectivity index (χ1) is 22.4. The Morgan fingerprint density at radius 3 is 1.69 bits per heavy atom. The Kier molecular flexibility index (Phi) is 4.95. The molecule has 45 heavy (non-hydrogen) atoms. The molecule has 1 spiro atoms. The van der Waals surface area contributed by atoms with Crippen LogP contribution in [0, 0.1) is 0 Å². The second-order valence-electron chi connectivity index (χ2n) is 12.0. The fraction of sp³-hybridized carbons (Fsp3) is 0.0233. The molecular formula is C43H27NO. The molecule has 1 aromatic heterocycles. The highest BCUT2D eigenvalue weighted by molar-refractivity contribution is 6.14. The predicted molar refractivity (Wildman–Crippen MR) is 185 cm³/mol. The van der Waals surface area contributed by atoms with Gasteiger partial charge >= 0.3 is 0 Å². The molecule has 2 aliphatic rings. The lowest BCUT2D eigenvalue weighted by Gasteiger charge is -2.32. The van der Waals surface area contributed by atoms with Gasteiger partial charge in [-0.05, 0) is 75.3 Å². The number of rotatable bonds is 3. The van der Waals surface area contributed by atoms with E-state index < -0.39 is 5.41 Å². The topological polar surface area (TPSA) is 16.4 Å². The van der Waals surface area contributed by atoms with E-state index in [4.69, 9.17) is 4.42 Å². The largest absolute Gasteiger partial charge is 0.456 e. The van der Waals surface area contributed by atoms with E-state index in [2.05, 4.69) is 163 Å². The third-order valence-electron chi connectivity index (χ3n) is 9.88. The zero-order chi connectivity index (χ0) is 29.5. The lowest BCUT2D eigenvalue weighted by molar-refractivity contribution is 0.669. The molecule has 0 atom stereocenters. The summed E-state index contributed by atoms with van der Waals surface area (Å²) in [5.74, 6) is 0. The Morgan fingerprint density at radius 1 is 0.400 bits per heavy atom. The Bertz CT molecular complexity index is 2410. The molecule has 10 rings (SSSR count). The normalized spacial score (nSPS) is 13.5. The molecule has 0 aliphatic heterocycles. The van der Waals surface area contributed by atoms with Crippen molar-refractivity contribution in [3.8, 4) is 22.3 Å². The van der Waals surface area contributed by atoms with Gasteiger partial charge in [0.25, 0.3) is 0 Å². The average molecular weight is 574 g/mol. The summed E-state index contributed by atoms with van der Waals surface area (Å²) in [7, 11) is 0. The summed E-state index contributed by atoms with van der Waals surface area (Å²) < 4.78 is 6.39. The van der Waals surface area contributed by atoms with Crippen molar-refractivity contribution in [3.05, 3.63) is 186 Å². The highest BCUT2D eigenvalue weighted by Crippen LogP contribution is 2.64. The standard InChI is InChI=1S/C43H27NO/c1-2-14-28(15-3-1)44(38-25-13-27-40-42(38)32-19-7-11-26-39(32)45-40)37-24-12-23-36-41(37)31-18-6-10-22-35(31)43(36)33-20-8-4-16-29(33)30-17-5-9-21-34(30)43/h1-27H. The van der Waals surface area contributed by atoms with Gasteiger partial charge in [-0.15, -0.1) is 0 Å². The van der Waals surface area contributed by atoms with E-state index >= 15 is 0 Å². The third-order valence-corrected chi connectivity index (χ3v) is 9.88. The van der Waals surface area contributed by atoms with Crippen molar-refractivity contribution in [1.82, 2.24) is 0 Å². The van der Waals surface area contributed by atoms with Crippen molar-refractivity contribution in [2.45, 2.75) is 5.41 Å². The molecule has 8 aromatic rings. The van der Waals surface area contributed by atoms with E-state index in [1.54, 1.807) is 0 Å². The van der Waals surface area contributed by atoms with Crippen LogP contribution < -0.4 is 4.90 Å². The van der Waals surface area contributed by atoms with Gasteiger partial charge in [-0.2, -0.15) is 0 Å². The van der Waals surface area contributed by atoms with Crippen LogP contribution in [-0.2, 0) is 5.41 Å². The first-order valence-electron chi connectivity index (χ1n) is 15.5. The average Bonchev–Trinajstić information content (AvgIpc) is 3.74. The number of benzene rings is 7. The van der Waals surface area contributed by atoms with E-state index in [9.17, 15) is 0 Å². The van der Waals surface area contributed by atoms with Crippen molar-refractivity contribution in [2.75, 3.05) is 4.90 Å². The molecule has 0 amide bonds. The number of furan rings is 1. The zero-order valence-electron chi connectivity index (χ0n) is 24.4. The summed E-state index contributed by atoms with van der Waals surface area (Å²) in [4.78, 5) is 2.44. The summed E-state index contributed by atoms with van der Waals surface area (Å²) in [5.41, 5.74) is 15.3. The van der Waals surface area contributed by atoms with E-state index in [-0.39, 0.29) is 0 Å². The molecule has 1 heterocycles. The third kappa shape index (κ3) is 3.13. The Labute approximate surface area is 261 Å². The Balaban J connectivity index is 1.34. The molecule has 0 saturated carbocycles. The first-order valence-corrected chi connectivity index (χ1v) is 15.5. The van der Waals surface area contributed by atoms with Crippen LogP contribution in [0.3, 0.4) is 0 Å². The van der Waals surface area contributed by atoms with Crippen molar-refractivity contribution in [1.29, 1.82) is 0 Å². The second-order valence-corrected chi connectivity index (χ2v) is 12.0. The summed E-state index contributed by atoms with van der Waals surface area (Å²) in [6.07, 6.45) is 0. The van der Waals surface area contributed by atoms with Crippen LogP contribution >= 0.6 is 0 Å². The molecule has 0 bridgehead atoms. The quantitative estimate of drug-likeness (QED) is 0.209. The minimum absolute atomic E-state index is 0.397. The summed E-state index contributed by atoms with van der Waals surface area (Å²) in [5, 5.41) is 2.24. The van der Waals surface area contributed by atoms with E-state index in [1.165, 1.54) is 44.5 Å². The highest BCUT2D eigenvalue weighted by Gasteiger charge is 2.52. The fourth-order valence-electron chi connectivity index (χ4n) is 8.24. The maximum Gasteiger partial charge on any atom is 0.137 e. The van der Waals surface area contributed by atoms with Gasteiger partial charge in [-0.25, -0.2) is 0 Å². The van der Waals surface area contributed by atoms with Gasteiger partial charge in [0.15, 0.2) is 0 Å². The first kappa shape index (κ1) is 24.6. The summed E-state index contributed by atoms with van der Waals surface area (Å²) >= 11 is 0. The second kappa shape index (κ2) is 9.07. The fourth-order valence-corrected chi connectivity index (χ4v) is 8.24. The van der Waals surface area contributed by atoms with Gasteiger partial charge in [0.1, 0.15) is 11.2 Å². The SMILES string of the molecule is c1ccc(N(c2cccc3c2-c2ccccc2C32c3ccccc3-c3ccccc32)c2cccc3oc4ccccc4c23)cc1. The number of hydrogen-bond donors (Lipinski definition) is 0. The molecule has 0 unspecified atom stereocenters. The molecule has 2 nitrogen and oxygen atoms in total. The molecular weight excluding hydrogens is 546 g/mol. The number of fused-ring (bicyclic) bond motifs is 13. The van der Waals surface area contributed by atoms with Gasteiger partial charge in [0.05, 0.1) is 22.2 Å². The molecule has 2 aliphatic carbocycles. The Hall–Kier alpha value is -5.86. The van der Waals surface area contributed by atoms with Crippen LogP contribution in [0.5, 0.6) is 0 Å². The van der Waals surface area contributed by atoms with Crippen LogP contribution in [0.4, 0.5) is 17.1 Å². The van der Waals surface area contributed by atoms with Crippen LogP contribution in [0.15, 0.2) is 168 Å². The molecule has 2 heteroatoms. The van der Waals surface area contributed by atoms with E-state index in [1.807, 2.05) is 6.07 Å². The molecule has 7 aromatic carbocycles. The number of para-hydroxylation sites is 2. The van der Waals surface area contributed by atoms with Crippen molar-refractivity contribution >= 4 is 39.0 Å². The molecule has 0 N–H and O–H groups in total. The van der Waals surface area contributed by atoms with Crippen molar-refractivity contribution in [3.63, 3.8) is 0 Å². The van der Waals surface area contributed by atoms with Crippen LogP contribution in [0.1, 0.15) is 22.3 Å². The number of nitrogens with zero attached hydrogens (tertiary/aromatic N) is 1. The molecule has 210 valence electrons. The van der Waals surface area contributed by atoms with E-state index in [0.717, 1.165) is 39.0 Å². The van der Waals surface area contributed by atoms with Gasteiger partial charge in [0.2, 0.25) is 0 Å². The van der Waals surface area contributed by atoms with Crippen LogP contribution in [-0.4, -0.2) is 0 Å². The lowest BCUT2D eigenvalue weighted by Crippen LogP contribution is -2.26. The zero-order valence-corrected chi connectivity index (χ0v) is 24.4. The lowest BCUT2D eigenvalue weighted by atomic mass is 9.70. The van der Waals surface area contributed by atoms with Gasteiger partial charge in [-0.3, -0.25) is 0 Å². The Morgan fingerprint density at radius 2 is 0.933 bits per heavy atom. The maximum absolute atomic E-state index is 6.39. The van der Waals surface area contributed by atoms with Crippen LogP contribution in [0.25, 0.3) is 44.2 Å². The smallest absolute Gasteiger partial charge is 0.137 e. The highest BCUT2D eigenvalue weighted by atomic mass is 16.3. The van der Waals surface area contributed by atoms with Crippen molar-refractivity contribution < 1.29 is 4.42 Å². The van der Waals surface area contributed by atoms with Gasteiger partial charge < -0.3 is 9.32 Å². The summed E-state index contributed by atoms with van der Waals surface area (Å²) in [6.45, 7) is 0. The molecule has 0 saturated heterocycles. The molecule has 0 fully saturated rings. The maximum atomic E-state index is 6.39. The summed E-state index contributed by atoms with van der Waals surface area (Å²) in [6, 6.07) is 59.4. The van der Waals surface area contributed by atoms with Crippen LogP contribution in [0.2, 0.25) is 0 Å².